The van der Waals surface area contributed by atoms with Crippen molar-refractivity contribution in [2.24, 2.45) is 0 Å². The van der Waals surface area contributed by atoms with Gasteiger partial charge < -0.3 is 10.1 Å². The first kappa shape index (κ1) is 21.5. The second-order valence-electron chi connectivity index (χ2n) is 6.83. The molecule has 0 bridgehead atoms. The van der Waals surface area contributed by atoms with E-state index in [9.17, 15) is 14.4 Å². The molecule has 154 valence electrons. The molecule has 1 atom stereocenters. The van der Waals surface area contributed by atoms with Gasteiger partial charge in [0, 0.05) is 16.9 Å². The van der Waals surface area contributed by atoms with E-state index in [2.05, 4.69) is 5.32 Å². The molecule has 0 radical (unpaired) electrons. The lowest BCUT2D eigenvalue weighted by atomic mass is 10.0. The summed E-state index contributed by atoms with van der Waals surface area (Å²) in [5.41, 5.74) is 2.64. The summed E-state index contributed by atoms with van der Waals surface area (Å²) in [7, 11) is 0. The molecule has 0 saturated heterocycles. The van der Waals surface area contributed by atoms with Crippen LogP contribution in [0.4, 0.5) is 0 Å². The van der Waals surface area contributed by atoms with E-state index in [1.165, 1.54) is 0 Å². The average Bonchev–Trinajstić information content (AvgIpc) is 3.32. The Balaban J connectivity index is 1.41. The summed E-state index contributed by atoms with van der Waals surface area (Å²) in [6, 6.07) is 20.9. The summed E-state index contributed by atoms with van der Waals surface area (Å²) in [6.07, 6.45) is -0.0240. The molecular formula is C24H23NO4S. The zero-order valence-electron chi connectivity index (χ0n) is 16.7. The van der Waals surface area contributed by atoms with Gasteiger partial charge in [-0.3, -0.25) is 14.4 Å². The third-order valence-corrected chi connectivity index (χ3v) is 5.64. The van der Waals surface area contributed by atoms with Crippen molar-refractivity contribution >= 4 is 29.0 Å². The molecule has 0 saturated carbocycles. The van der Waals surface area contributed by atoms with Crippen LogP contribution in [0, 0.1) is 0 Å². The lowest BCUT2D eigenvalue weighted by molar-refractivity contribution is -0.148. The van der Waals surface area contributed by atoms with E-state index in [1.807, 2.05) is 66.9 Å². The molecule has 1 amide bonds. The van der Waals surface area contributed by atoms with Crippen LogP contribution in [0.2, 0.25) is 0 Å². The molecule has 1 aromatic heterocycles. The number of hydrogen-bond donors (Lipinski definition) is 1. The summed E-state index contributed by atoms with van der Waals surface area (Å²) in [5.74, 6) is -1.07. The Hall–Kier alpha value is -3.25. The molecule has 0 aliphatic rings. The number of hydrogen-bond acceptors (Lipinski definition) is 5. The number of esters is 1. The zero-order valence-corrected chi connectivity index (χ0v) is 17.5. The van der Waals surface area contributed by atoms with Crippen molar-refractivity contribution in [2.75, 3.05) is 6.61 Å². The van der Waals surface area contributed by atoms with E-state index >= 15 is 0 Å². The van der Waals surface area contributed by atoms with Crippen molar-refractivity contribution in [3.8, 4) is 11.1 Å². The Morgan fingerprint density at radius 2 is 1.60 bits per heavy atom. The van der Waals surface area contributed by atoms with Gasteiger partial charge in [0.15, 0.2) is 12.4 Å². The number of benzene rings is 2. The number of amides is 1. The van der Waals surface area contributed by atoms with E-state index in [0.717, 1.165) is 16.0 Å². The van der Waals surface area contributed by atoms with Crippen molar-refractivity contribution in [3.05, 3.63) is 82.6 Å². The minimum Gasteiger partial charge on any atom is -0.456 e. The molecule has 1 N–H and O–H groups in total. The molecule has 0 fully saturated rings. The molecule has 0 spiro atoms. The Bertz CT molecular complexity index is 982. The van der Waals surface area contributed by atoms with Crippen LogP contribution >= 0.6 is 11.3 Å². The number of Topliss-reactive ketones (excluding diaryl/α,β-unsaturated/α-hetero) is 1. The molecule has 3 rings (SSSR count). The molecule has 2 aromatic carbocycles. The molecule has 30 heavy (non-hydrogen) atoms. The monoisotopic (exact) mass is 421 g/mol. The van der Waals surface area contributed by atoms with Crippen molar-refractivity contribution in [1.82, 2.24) is 5.32 Å². The lowest BCUT2D eigenvalue weighted by Crippen LogP contribution is -2.30. The Morgan fingerprint density at radius 1 is 0.900 bits per heavy atom. The Morgan fingerprint density at radius 3 is 2.27 bits per heavy atom. The molecule has 6 heteroatoms. The number of nitrogens with one attached hydrogen (secondary N) is 1. The van der Waals surface area contributed by atoms with Gasteiger partial charge in [-0.25, -0.2) is 0 Å². The van der Waals surface area contributed by atoms with E-state index < -0.39 is 5.97 Å². The van der Waals surface area contributed by atoms with Gasteiger partial charge >= 0.3 is 5.97 Å². The molecule has 0 aliphatic heterocycles. The number of rotatable bonds is 9. The normalized spacial score (nSPS) is 11.5. The van der Waals surface area contributed by atoms with E-state index in [-0.39, 0.29) is 37.2 Å². The van der Waals surface area contributed by atoms with Gasteiger partial charge in [0.25, 0.3) is 5.91 Å². The van der Waals surface area contributed by atoms with Crippen molar-refractivity contribution in [1.29, 1.82) is 0 Å². The van der Waals surface area contributed by atoms with Gasteiger partial charge in [-0.1, -0.05) is 60.7 Å². The molecule has 0 unspecified atom stereocenters. The number of thiophene rings is 1. The highest BCUT2D eigenvalue weighted by molar-refractivity contribution is 7.10. The Labute approximate surface area is 179 Å². The van der Waals surface area contributed by atoms with Gasteiger partial charge in [0.2, 0.25) is 0 Å². The summed E-state index contributed by atoms with van der Waals surface area (Å²) in [6.45, 7) is 1.52. The fraction of sp³-hybridized carbons (Fsp3) is 0.208. The maximum Gasteiger partial charge on any atom is 0.306 e. The van der Waals surface area contributed by atoms with Gasteiger partial charge in [0.05, 0.1) is 12.5 Å². The van der Waals surface area contributed by atoms with E-state index in [4.69, 9.17) is 4.74 Å². The number of ketones is 1. The van der Waals surface area contributed by atoms with Crippen LogP contribution in [0.25, 0.3) is 11.1 Å². The first-order chi connectivity index (χ1) is 14.5. The zero-order chi connectivity index (χ0) is 21.3. The van der Waals surface area contributed by atoms with Crippen molar-refractivity contribution in [2.45, 2.75) is 25.8 Å². The standard InChI is InChI=1S/C24H23NO4S/c1-17(22-8-5-15-30-22)25-23(27)16-29-24(28)14-13-21(26)20-11-9-19(10-12-20)18-6-3-2-4-7-18/h2-12,15,17H,13-14,16H2,1H3,(H,25,27)/t17-/m0/s1. The summed E-state index contributed by atoms with van der Waals surface area (Å²) < 4.78 is 4.99. The third kappa shape index (κ3) is 6.12. The van der Waals surface area contributed by atoms with Crippen LogP contribution in [-0.4, -0.2) is 24.3 Å². The third-order valence-electron chi connectivity index (χ3n) is 4.58. The van der Waals surface area contributed by atoms with E-state index in [1.54, 1.807) is 23.5 Å². The van der Waals surface area contributed by atoms with Crippen LogP contribution in [-0.2, 0) is 14.3 Å². The highest BCUT2D eigenvalue weighted by atomic mass is 32.1. The molecule has 0 aliphatic carbocycles. The van der Waals surface area contributed by atoms with Gasteiger partial charge in [-0.05, 0) is 29.5 Å². The molecular weight excluding hydrogens is 398 g/mol. The number of carbonyl (C=O) groups is 3. The predicted octanol–water partition coefficient (Wildman–Crippen LogP) is 4.80. The van der Waals surface area contributed by atoms with Crippen LogP contribution in [0.15, 0.2) is 72.1 Å². The maximum atomic E-state index is 12.3. The van der Waals surface area contributed by atoms with Gasteiger partial charge in [0.1, 0.15) is 0 Å². The largest absolute Gasteiger partial charge is 0.456 e. The second kappa shape index (κ2) is 10.5. The van der Waals surface area contributed by atoms with Gasteiger partial charge in [-0.2, -0.15) is 0 Å². The van der Waals surface area contributed by atoms with Crippen LogP contribution in [0.1, 0.15) is 41.0 Å². The minimum atomic E-state index is -0.566. The number of ether oxygens (including phenoxy) is 1. The predicted molar refractivity (Wildman–Crippen MR) is 117 cm³/mol. The van der Waals surface area contributed by atoms with Crippen LogP contribution < -0.4 is 5.32 Å². The molecule has 1 heterocycles. The quantitative estimate of drug-likeness (QED) is 0.398. The fourth-order valence-corrected chi connectivity index (χ4v) is 3.68. The van der Waals surface area contributed by atoms with Crippen molar-refractivity contribution in [3.63, 3.8) is 0 Å². The number of carbonyl (C=O) groups excluding carboxylic acids is 3. The van der Waals surface area contributed by atoms with Crippen LogP contribution in [0.3, 0.4) is 0 Å². The highest BCUT2D eigenvalue weighted by Crippen LogP contribution is 2.20. The topological polar surface area (TPSA) is 72.5 Å². The van der Waals surface area contributed by atoms with Crippen molar-refractivity contribution < 1.29 is 19.1 Å². The fourth-order valence-electron chi connectivity index (χ4n) is 2.95. The highest BCUT2D eigenvalue weighted by Gasteiger charge is 2.14. The van der Waals surface area contributed by atoms with Crippen LogP contribution in [0.5, 0.6) is 0 Å². The summed E-state index contributed by atoms with van der Waals surface area (Å²) in [4.78, 5) is 37.1. The second-order valence-corrected chi connectivity index (χ2v) is 7.81. The maximum absolute atomic E-state index is 12.3. The summed E-state index contributed by atoms with van der Waals surface area (Å²) >= 11 is 1.55. The first-order valence-corrected chi connectivity index (χ1v) is 10.6. The lowest BCUT2D eigenvalue weighted by Gasteiger charge is -2.12. The SMILES string of the molecule is C[C@H](NC(=O)COC(=O)CCC(=O)c1ccc(-c2ccccc2)cc1)c1cccs1. The smallest absolute Gasteiger partial charge is 0.306 e. The average molecular weight is 422 g/mol. The minimum absolute atomic E-state index is 0.0384. The van der Waals surface area contributed by atoms with Gasteiger partial charge in [-0.15, -0.1) is 11.3 Å². The van der Waals surface area contributed by atoms with E-state index in [0.29, 0.717) is 5.56 Å². The Kier molecular flexibility index (Phi) is 7.51. The molecule has 5 nitrogen and oxygen atoms in total. The first-order valence-electron chi connectivity index (χ1n) is 9.70. The summed E-state index contributed by atoms with van der Waals surface area (Å²) in [5, 5.41) is 4.71. The molecule has 3 aromatic rings.